The van der Waals surface area contributed by atoms with Crippen molar-refractivity contribution in [3.05, 3.63) is 83.6 Å². The molecule has 4 rings (SSSR count). The van der Waals surface area contributed by atoms with E-state index in [-0.39, 0.29) is 18.0 Å². The van der Waals surface area contributed by atoms with Crippen LogP contribution in [0.15, 0.2) is 71.3 Å². The van der Waals surface area contributed by atoms with Crippen molar-refractivity contribution >= 4 is 11.7 Å². The topological polar surface area (TPSA) is 61.6 Å². The molecule has 0 radical (unpaired) electrons. The number of nitrogens with zero attached hydrogens (tertiary/aromatic N) is 3. The molecule has 1 fully saturated rings. The van der Waals surface area contributed by atoms with Gasteiger partial charge in [0.05, 0.1) is 12.1 Å². The standard InChI is InChI=1S/C24H28N4O2/c1-18-17-22(26-30-18)25-24(29)19(2)27-13-15-28(16-14-27)23(20-9-5-3-6-10-20)21-11-7-4-8-12-21/h3-12,17,19,23H,13-16H2,1-2H3,(H,25,26,29). The Bertz CT molecular complexity index is 910. The summed E-state index contributed by atoms with van der Waals surface area (Å²) in [5.74, 6) is 1.09. The van der Waals surface area contributed by atoms with E-state index in [1.54, 1.807) is 13.0 Å². The van der Waals surface area contributed by atoms with Crippen LogP contribution in [0.3, 0.4) is 0 Å². The van der Waals surface area contributed by atoms with Crippen LogP contribution in [0.1, 0.15) is 29.9 Å². The Hall–Kier alpha value is -2.96. The minimum atomic E-state index is -0.226. The van der Waals surface area contributed by atoms with Crippen LogP contribution in [0, 0.1) is 6.92 Å². The van der Waals surface area contributed by atoms with Gasteiger partial charge in [-0.1, -0.05) is 65.8 Å². The predicted octanol–water partition coefficient (Wildman–Crippen LogP) is 3.72. The molecule has 2 heterocycles. The summed E-state index contributed by atoms with van der Waals surface area (Å²) in [7, 11) is 0. The molecule has 1 N–H and O–H groups in total. The number of anilines is 1. The van der Waals surface area contributed by atoms with Crippen molar-refractivity contribution in [3.8, 4) is 0 Å². The third-order valence-corrected chi connectivity index (χ3v) is 5.75. The molecule has 0 spiro atoms. The Balaban J connectivity index is 1.42. The fourth-order valence-electron chi connectivity index (χ4n) is 4.09. The summed E-state index contributed by atoms with van der Waals surface area (Å²) in [4.78, 5) is 17.4. The van der Waals surface area contributed by atoms with E-state index < -0.39 is 0 Å². The lowest BCUT2D eigenvalue weighted by molar-refractivity contribution is -0.121. The number of amides is 1. The highest BCUT2D eigenvalue weighted by Crippen LogP contribution is 2.29. The minimum Gasteiger partial charge on any atom is -0.360 e. The summed E-state index contributed by atoms with van der Waals surface area (Å²) < 4.78 is 5.03. The fraction of sp³-hybridized carbons (Fsp3) is 0.333. The number of hydrogen-bond donors (Lipinski definition) is 1. The molecule has 1 amide bonds. The van der Waals surface area contributed by atoms with Crippen molar-refractivity contribution < 1.29 is 9.32 Å². The Labute approximate surface area is 177 Å². The second kappa shape index (κ2) is 9.24. The molecule has 1 aliphatic heterocycles. The lowest BCUT2D eigenvalue weighted by atomic mass is 9.96. The minimum absolute atomic E-state index is 0.0561. The van der Waals surface area contributed by atoms with Gasteiger partial charge in [0.2, 0.25) is 5.91 Å². The molecule has 0 bridgehead atoms. The number of nitrogens with one attached hydrogen (secondary N) is 1. The molecule has 1 aromatic heterocycles. The van der Waals surface area contributed by atoms with E-state index in [9.17, 15) is 4.79 Å². The third-order valence-electron chi connectivity index (χ3n) is 5.75. The highest BCUT2D eigenvalue weighted by atomic mass is 16.5. The van der Waals surface area contributed by atoms with Crippen molar-refractivity contribution in [2.24, 2.45) is 0 Å². The summed E-state index contributed by atoms with van der Waals surface area (Å²) in [6.45, 7) is 7.22. The Morgan fingerprint density at radius 3 is 1.97 bits per heavy atom. The SMILES string of the molecule is Cc1cc(NC(=O)C(C)N2CCN(C(c3ccccc3)c3ccccc3)CC2)no1. The quantitative estimate of drug-likeness (QED) is 0.679. The molecule has 0 aliphatic carbocycles. The first-order valence-corrected chi connectivity index (χ1v) is 10.4. The Morgan fingerprint density at radius 1 is 0.933 bits per heavy atom. The molecule has 1 saturated heterocycles. The second-order valence-electron chi connectivity index (χ2n) is 7.78. The summed E-state index contributed by atoms with van der Waals surface area (Å²) in [5, 5.41) is 6.70. The van der Waals surface area contributed by atoms with Crippen LogP contribution in [-0.4, -0.2) is 53.1 Å². The molecule has 6 heteroatoms. The van der Waals surface area contributed by atoms with Crippen LogP contribution < -0.4 is 5.32 Å². The molecule has 0 saturated carbocycles. The highest BCUT2D eigenvalue weighted by molar-refractivity contribution is 5.93. The van der Waals surface area contributed by atoms with E-state index in [0.29, 0.717) is 11.6 Å². The van der Waals surface area contributed by atoms with Crippen molar-refractivity contribution in [2.45, 2.75) is 25.9 Å². The largest absolute Gasteiger partial charge is 0.360 e. The van der Waals surface area contributed by atoms with E-state index >= 15 is 0 Å². The van der Waals surface area contributed by atoms with Gasteiger partial charge in [0.1, 0.15) is 5.76 Å². The van der Waals surface area contributed by atoms with Crippen molar-refractivity contribution in [2.75, 3.05) is 31.5 Å². The average molecular weight is 405 g/mol. The number of aromatic nitrogens is 1. The number of piperazine rings is 1. The molecule has 30 heavy (non-hydrogen) atoms. The first kappa shape index (κ1) is 20.3. The third kappa shape index (κ3) is 4.61. The molecular weight excluding hydrogens is 376 g/mol. The van der Waals surface area contributed by atoms with Gasteiger partial charge in [-0.3, -0.25) is 14.6 Å². The van der Waals surface area contributed by atoms with Gasteiger partial charge in [0.15, 0.2) is 5.82 Å². The number of benzene rings is 2. The first-order chi connectivity index (χ1) is 14.6. The zero-order chi connectivity index (χ0) is 20.9. The van der Waals surface area contributed by atoms with Gasteiger partial charge in [0.25, 0.3) is 0 Å². The summed E-state index contributed by atoms with van der Waals surface area (Å²) in [6.07, 6.45) is 0. The molecule has 1 unspecified atom stereocenters. The fourth-order valence-corrected chi connectivity index (χ4v) is 4.09. The molecule has 1 atom stereocenters. The second-order valence-corrected chi connectivity index (χ2v) is 7.78. The van der Waals surface area contributed by atoms with Crippen molar-refractivity contribution in [1.29, 1.82) is 0 Å². The van der Waals surface area contributed by atoms with E-state index in [0.717, 1.165) is 26.2 Å². The van der Waals surface area contributed by atoms with Crippen molar-refractivity contribution in [3.63, 3.8) is 0 Å². The van der Waals surface area contributed by atoms with Crippen LogP contribution in [0.25, 0.3) is 0 Å². The molecule has 2 aromatic carbocycles. The van der Waals surface area contributed by atoms with Crippen LogP contribution in [0.4, 0.5) is 5.82 Å². The maximum atomic E-state index is 12.6. The van der Waals surface area contributed by atoms with E-state index in [2.05, 4.69) is 80.9 Å². The molecule has 3 aromatic rings. The number of carbonyl (C=O) groups is 1. The van der Waals surface area contributed by atoms with Crippen LogP contribution in [-0.2, 0) is 4.79 Å². The molecular formula is C24H28N4O2. The maximum Gasteiger partial charge on any atom is 0.242 e. The smallest absolute Gasteiger partial charge is 0.242 e. The van der Waals surface area contributed by atoms with Crippen molar-refractivity contribution in [1.82, 2.24) is 15.0 Å². The summed E-state index contributed by atoms with van der Waals surface area (Å²) >= 11 is 0. The predicted molar refractivity (Wildman–Crippen MR) is 117 cm³/mol. The van der Waals surface area contributed by atoms with Gasteiger partial charge in [-0.25, -0.2) is 0 Å². The normalized spacial score (nSPS) is 16.5. The highest BCUT2D eigenvalue weighted by Gasteiger charge is 2.30. The summed E-state index contributed by atoms with van der Waals surface area (Å²) in [5.41, 5.74) is 2.59. The molecule has 156 valence electrons. The lowest BCUT2D eigenvalue weighted by Gasteiger charge is -2.41. The molecule has 1 aliphatic rings. The van der Waals surface area contributed by atoms with Crippen LogP contribution in [0.2, 0.25) is 0 Å². The monoisotopic (exact) mass is 404 g/mol. The van der Waals surface area contributed by atoms with E-state index in [4.69, 9.17) is 4.52 Å². The van der Waals surface area contributed by atoms with Gasteiger partial charge in [-0.15, -0.1) is 0 Å². The summed E-state index contributed by atoms with van der Waals surface area (Å²) in [6, 6.07) is 23.0. The van der Waals surface area contributed by atoms with Gasteiger partial charge >= 0.3 is 0 Å². The van der Waals surface area contributed by atoms with E-state index in [1.165, 1.54) is 11.1 Å². The maximum absolute atomic E-state index is 12.6. The average Bonchev–Trinajstić information content (AvgIpc) is 3.20. The van der Waals surface area contributed by atoms with Gasteiger partial charge in [0, 0.05) is 32.2 Å². The Kier molecular flexibility index (Phi) is 6.26. The Morgan fingerprint density at radius 2 is 1.47 bits per heavy atom. The van der Waals surface area contributed by atoms with E-state index in [1.807, 2.05) is 6.92 Å². The number of rotatable bonds is 6. The van der Waals surface area contributed by atoms with Crippen LogP contribution >= 0.6 is 0 Å². The number of carbonyl (C=O) groups excluding carboxylic acids is 1. The number of aryl methyl sites for hydroxylation is 1. The zero-order valence-corrected chi connectivity index (χ0v) is 17.5. The van der Waals surface area contributed by atoms with Crippen LogP contribution in [0.5, 0.6) is 0 Å². The zero-order valence-electron chi connectivity index (χ0n) is 17.5. The van der Waals surface area contributed by atoms with Gasteiger partial charge in [-0.05, 0) is 25.0 Å². The van der Waals surface area contributed by atoms with Gasteiger partial charge < -0.3 is 9.84 Å². The lowest BCUT2D eigenvalue weighted by Crippen LogP contribution is -2.53. The number of hydrogen-bond acceptors (Lipinski definition) is 5. The molecule has 6 nitrogen and oxygen atoms in total. The van der Waals surface area contributed by atoms with Gasteiger partial charge in [-0.2, -0.15) is 0 Å². The first-order valence-electron chi connectivity index (χ1n) is 10.4.